The van der Waals surface area contributed by atoms with Gasteiger partial charge in [-0.3, -0.25) is 4.90 Å². The van der Waals surface area contributed by atoms with E-state index in [0.717, 1.165) is 0 Å². The zero-order valence-corrected chi connectivity index (χ0v) is 10.0. The van der Waals surface area contributed by atoms with Crippen LogP contribution in [0.15, 0.2) is 24.3 Å². The van der Waals surface area contributed by atoms with Gasteiger partial charge in [-0.1, -0.05) is 12.1 Å². The van der Waals surface area contributed by atoms with Crippen molar-refractivity contribution in [2.45, 2.75) is 24.7 Å². The number of halogens is 1. The number of aliphatic hydroxyl groups excluding tert-OH is 3. The zero-order chi connectivity index (χ0) is 13.1. The van der Waals surface area contributed by atoms with Gasteiger partial charge in [0, 0.05) is 19.6 Å². The van der Waals surface area contributed by atoms with E-state index in [0.29, 0.717) is 31.6 Å². The number of rotatable bonds is 4. The molecular weight excluding hydrogens is 237 g/mol. The Labute approximate surface area is 105 Å². The van der Waals surface area contributed by atoms with Crippen LogP contribution in [0.1, 0.15) is 18.1 Å². The fourth-order valence-electron chi connectivity index (χ4n) is 2.21. The fourth-order valence-corrected chi connectivity index (χ4v) is 2.21. The van der Waals surface area contributed by atoms with E-state index in [1.54, 1.807) is 12.1 Å². The van der Waals surface area contributed by atoms with Crippen molar-refractivity contribution in [3.8, 4) is 0 Å². The number of benzene rings is 1. The van der Waals surface area contributed by atoms with Crippen molar-refractivity contribution in [1.29, 1.82) is 0 Å². The van der Waals surface area contributed by atoms with Crippen LogP contribution in [0.3, 0.4) is 0 Å². The largest absolute Gasteiger partial charge is 0.389 e. The van der Waals surface area contributed by atoms with Crippen LogP contribution in [-0.2, 0) is 0 Å². The first kappa shape index (κ1) is 13.4. The minimum atomic E-state index is -0.726. The number of aliphatic hydroxyl groups is 3. The molecule has 1 aliphatic heterocycles. The summed E-state index contributed by atoms with van der Waals surface area (Å²) in [4.78, 5) is 1.89. The maximum atomic E-state index is 13.0. The average Bonchev–Trinajstić information content (AvgIpc) is 2.66. The predicted molar refractivity (Wildman–Crippen MR) is 64.4 cm³/mol. The van der Waals surface area contributed by atoms with E-state index in [9.17, 15) is 19.7 Å². The van der Waals surface area contributed by atoms with Crippen LogP contribution >= 0.6 is 0 Å². The first-order chi connectivity index (χ1) is 8.56. The maximum Gasteiger partial charge on any atom is 0.123 e. The third-order valence-corrected chi connectivity index (χ3v) is 3.29. The lowest BCUT2D eigenvalue weighted by atomic mass is 10.1. The maximum absolute atomic E-state index is 13.0. The van der Waals surface area contributed by atoms with Crippen molar-refractivity contribution in [1.82, 2.24) is 4.90 Å². The first-order valence-corrected chi connectivity index (χ1v) is 6.08. The van der Waals surface area contributed by atoms with Gasteiger partial charge in [0.1, 0.15) is 5.82 Å². The third kappa shape index (κ3) is 3.26. The lowest BCUT2D eigenvalue weighted by molar-refractivity contribution is 0.0572. The molecule has 1 aromatic rings. The van der Waals surface area contributed by atoms with Crippen LogP contribution in [0.2, 0.25) is 0 Å². The summed E-state index contributed by atoms with van der Waals surface area (Å²) < 4.78 is 13.0. The lowest BCUT2D eigenvalue weighted by Gasteiger charge is -2.17. The van der Waals surface area contributed by atoms with Gasteiger partial charge in [0.2, 0.25) is 0 Å². The summed E-state index contributed by atoms with van der Waals surface area (Å²) in [6.45, 7) is 1.39. The number of hydrogen-bond acceptors (Lipinski definition) is 4. The first-order valence-electron chi connectivity index (χ1n) is 6.08. The highest BCUT2D eigenvalue weighted by molar-refractivity contribution is 5.18. The minimum absolute atomic E-state index is 0.362. The Morgan fingerprint density at radius 2 is 1.94 bits per heavy atom. The Balaban J connectivity index is 1.83. The molecule has 1 aliphatic rings. The molecule has 1 heterocycles. The van der Waals surface area contributed by atoms with Crippen LogP contribution in [0.5, 0.6) is 0 Å². The molecule has 0 amide bonds. The molecule has 4 nitrogen and oxygen atoms in total. The molecule has 0 radical (unpaired) electrons. The van der Waals surface area contributed by atoms with Crippen LogP contribution in [-0.4, -0.2) is 52.1 Å². The summed E-state index contributed by atoms with van der Waals surface area (Å²) in [6, 6.07) is 5.90. The second-order valence-corrected chi connectivity index (χ2v) is 4.75. The lowest BCUT2D eigenvalue weighted by Crippen LogP contribution is -2.24. The SMILES string of the molecule is OC(CCN1CC(O)C(O)C1)c1cccc(F)c1. The van der Waals surface area contributed by atoms with Crippen LogP contribution in [0.25, 0.3) is 0 Å². The van der Waals surface area contributed by atoms with Gasteiger partial charge in [-0.15, -0.1) is 0 Å². The van der Waals surface area contributed by atoms with Crippen molar-refractivity contribution in [2.24, 2.45) is 0 Å². The second kappa shape index (κ2) is 5.75. The molecule has 3 unspecified atom stereocenters. The van der Waals surface area contributed by atoms with Gasteiger partial charge in [0.15, 0.2) is 0 Å². The summed E-state index contributed by atoms with van der Waals surface area (Å²) in [6.07, 6.45) is -1.70. The predicted octanol–water partition coefficient (Wildman–Crippen LogP) is 0.287. The molecule has 1 fully saturated rings. The molecule has 5 heteroatoms. The third-order valence-electron chi connectivity index (χ3n) is 3.29. The van der Waals surface area contributed by atoms with E-state index < -0.39 is 18.3 Å². The van der Waals surface area contributed by atoms with Crippen molar-refractivity contribution in [3.05, 3.63) is 35.6 Å². The number of β-amino-alcohol motifs (C(OH)–C–C–N with tert-alkyl or cyclic N) is 2. The van der Waals surface area contributed by atoms with Gasteiger partial charge in [-0.2, -0.15) is 0 Å². The molecule has 1 saturated heterocycles. The van der Waals surface area contributed by atoms with Gasteiger partial charge in [-0.05, 0) is 24.1 Å². The molecule has 0 bridgehead atoms. The van der Waals surface area contributed by atoms with E-state index in [-0.39, 0.29) is 5.82 Å². The summed E-state index contributed by atoms with van der Waals surface area (Å²) in [5, 5.41) is 28.7. The molecular formula is C13H18FNO3. The Morgan fingerprint density at radius 1 is 1.28 bits per heavy atom. The van der Waals surface area contributed by atoms with E-state index in [4.69, 9.17) is 0 Å². The normalized spacial score (nSPS) is 26.4. The molecule has 0 aliphatic carbocycles. The second-order valence-electron chi connectivity index (χ2n) is 4.75. The van der Waals surface area contributed by atoms with Crippen LogP contribution in [0.4, 0.5) is 4.39 Å². The van der Waals surface area contributed by atoms with E-state index >= 15 is 0 Å². The Kier molecular flexibility index (Phi) is 4.29. The zero-order valence-electron chi connectivity index (χ0n) is 10.0. The molecule has 0 spiro atoms. The summed E-state index contributed by atoms with van der Waals surface area (Å²) in [5.41, 5.74) is 0.551. The van der Waals surface area contributed by atoms with E-state index in [1.807, 2.05) is 4.90 Å². The Bertz CT molecular complexity index is 392. The highest BCUT2D eigenvalue weighted by Gasteiger charge is 2.29. The molecule has 3 N–H and O–H groups in total. The van der Waals surface area contributed by atoms with Gasteiger partial charge in [0.25, 0.3) is 0 Å². The average molecular weight is 255 g/mol. The molecule has 0 saturated carbocycles. The van der Waals surface area contributed by atoms with E-state index in [2.05, 4.69) is 0 Å². The monoisotopic (exact) mass is 255 g/mol. The number of likely N-dealkylation sites (tertiary alicyclic amines) is 1. The van der Waals surface area contributed by atoms with Crippen LogP contribution in [0, 0.1) is 5.82 Å². The molecule has 3 atom stereocenters. The Morgan fingerprint density at radius 3 is 2.56 bits per heavy atom. The quantitative estimate of drug-likeness (QED) is 0.723. The van der Waals surface area contributed by atoms with Crippen molar-refractivity contribution < 1.29 is 19.7 Å². The summed E-state index contributed by atoms with van der Waals surface area (Å²) >= 11 is 0. The highest BCUT2D eigenvalue weighted by Crippen LogP contribution is 2.19. The molecule has 0 aromatic heterocycles. The van der Waals surface area contributed by atoms with Crippen molar-refractivity contribution in [2.75, 3.05) is 19.6 Å². The van der Waals surface area contributed by atoms with Gasteiger partial charge in [0.05, 0.1) is 18.3 Å². The Hall–Kier alpha value is -1.01. The van der Waals surface area contributed by atoms with Gasteiger partial charge < -0.3 is 15.3 Å². The summed E-state index contributed by atoms with van der Waals surface area (Å²) in [7, 11) is 0. The van der Waals surface area contributed by atoms with Crippen molar-refractivity contribution >= 4 is 0 Å². The number of nitrogens with zero attached hydrogens (tertiary/aromatic N) is 1. The molecule has 2 rings (SSSR count). The summed E-state index contributed by atoms with van der Waals surface area (Å²) in [5.74, 6) is -0.362. The molecule has 1 aromatic carbocycles. The van der Waals surface area contributed by atoms with Crippen molar-refractivity contribution in [3.63, 3.8) is 0 Å². The topological polar surface area (TPSA) is 63.9 Å². The smallest absolute Gasteiger partial charge is 0.123 e. The number of hydrogen-bond donors (Lipinski definition) is 3. The van der Waals surface area contributed by atoms with Gasteiger partial charge in [-0.25, -0.2) is 4.39 Å². The molecule has 18 heavy (non-hydrogen) atoms. The standard InChI is InChI=1S/C13H18FNO3/c14-10-3-1-2-9(6-10)11(16)4-5-15-7-12(17)13(18)8-15/h1-3,6,11-13,16-18H,4-5,7-8H2. The highest BCUT2D eigenvalue weighted by atomic mass is 19.1. The van der Waals surface area contributed by atoms with E-state index in [1.165, 1.54) is 12.1 Å². The fraction of sp³-hybridized carbons (Fsp3) is 0.538. The van der Waals surface area contributed by atoms with Gasteiger partial charge >= 0.3 is 0 Å². The minimum Gasteiger partial charge on any atom is -0.389 e. The molecule has 100 valence electrons. The van der Waals surface area contributed by atoms with Crippen LogP contribution < -0.4 is 0 Å².